The number of carbonyl (C=O) groups is 1. The van der Waals surface area contributed by atoms with Crippen LogP contribution in [0.25, 0.3) is 0 Å². The van der Waals surface area contributed by atoms with E-state index >= 15 is 0 Å². The number of hydrogen-bond acceptors (Lipinski definition) is 3. The Labute approximate surface area is 102 Å². The van der Waals surface area contributed by atoms with E-state index in [0.29, 0.717) is 31.6 Å². The summed E-state index contributed by atoms with van der Waals surface area (Å²) in [6.45, 7) is 3.30. The Hall–Kier alpha value is -1.55. The predicted molar refractivity (Wildman–Crippen MR) is 68.5 cm³/mol. The highest BCUT2D eigenvalue weighted by Gasteiger charge is 2.12. The molecular weight excluding hydrogens is 216 g/mol. The van der Waals surface area contributed by atoms with Crippen molar-refractivity contribution in [3.05, 3.63) is 29.8 Å². The average Bonchev–Trinajstić information content (AvgIpc) is 2.33. The van der Waals surface area contributed by atoms with Crippen molar-refractivity contribution in [2.75, 3.05) is 25.4 Å². The summed E-state index contributed by atoms with van der Waals surface area (Å²) in [5.74, 6) is 0.0545. The van der Waals surface area contributed by atoms with Crippen LogP contribution in [0, 0.1) is 0 Å². The van der Waals surface area contributed by atoms with Crippen molar-refractivity contribution in [1.82, 2.24) is 4.90 Å². The van der Waals surface area contributed by atoms with E-state index < -0.39 is 0 Å². The van der Waals surface area contributed by atoms with Gasteiger partial charge >= 0.3 is 0 Å². The average molecular weight is 236 g/mol. The van der Waals surface area contributed by atoms with E-state index in [-0.39, 0.29) is 12.5 Å². The molecule has 17 heavy (non-hydrogen) atoms. The Balaban J connectivity index is 2.61. The first-order valence-corrected chi connectivity index (χ1v) is 5.91. The molecule has 0 spiro atoms. The van der Waals surface area contributed by atoms with E-state index in [1.165, 1.54) is 0 Å². The molecule has 0 aliphatic carbocycles. The Morgan fingerprint density at radius 2 is 2.12 bits per heavy atom. The van der Waals surface area contributed by atoms with Crippen molar-refractivity contribution in [2.24, 2.45) is 0 Å². The van der Waals surface area contributed by atoms with Crippen LogP contribution >= 0.6 is 0 Å². The highest BCUT2D eigenvalue weighted by atomic mass is 16.3. The van der Waals surface area contributed by atoms with Gasteiger partial charge in [-0.15, -0.1) is 0 Å². The largest absolute Gasteiger partial charge is 0.398 e. The minimum Gasteiger partial charge on any atom is -0.398 e. The van der Waals surface area contributed by atoms with Crippen LogP contribution < -0.4 is 5.73 Å². The van der Waals surface area contributed by atoms with Crippen molar-refractivity contribution in [1.29, 1.82) is 0 Å². The summed E-state index contributed by atoms with van der Waals surface area (Å²) in [4.78, 5) is 13.7. The molecule has 0 aliphatic heterocycles. The van der Waals surface area contributed by atoms with Gasteiger partial charge in [0.1, 0.15) is 0 Å². The van der Waals surface area contributed by atoms with Gasteiger partial charge in [0.25, 0.3) is 0 Å². The summed E-state index contributed by atoms with van der Waals surface area (Å²) in [6, 6.07) is 7.40. The SMILES string of the molecule is CCN(CCCO)C(=O)Cc1ccccc1N. The van der Waals surface area contributed by atoms with Gasteiger partial charge in [0, 0.05) is 25.4 Å². The summed E-state index contributed by atoms with van der Waals surface area (Å²) in [7, 11) is 0. The van der Waals surface area contributed by atoms with Crippen LogP contribution in [0.3, 0.4) is 0 Å². The summed E-state index contributed by atoms with van der Waals surface area (Å²) >= 11 is 0. The molecule has 4 heteroatoms. The fourth-order valence-electron chi connectivity index (χ4n) is 1.69. The van der Waals surface area contributed by atoms with E-state index in [4.69, 9.17) is 10.8 Å². The van der Waals surface area contributed by atoms with Gasteiger partial charge in [-0.25, -0.2) is 0 Å². The van der Waals surface area contributed by atoms with Crippen molar-refractivity contribution in [2.45, 2.75) is 19.8 Å². The molecule has 0 aromatic heterocycles. The summed E-state index contributed by atoms with van der Waals surface area (Å²) in [5.41, 5.74) is 7.31. The Morgan fingerprint density at radius 1 is 1.41 bits per heavy atom. The van der Waals surface area contributed by atoms with Gasteiger partial charge in [-0.2, -0.15) is 0 Å². The van der Waals surface area contributed by atoms with Gasteiger partial charge in [-0.1, -0.05) is 18.2 Å². The number of hydrogen-bond donors (Lipinski definition) is 2. The number of anilines is 1. The number of nitrogens with zero attached hydrogens (tertiary/aromatic N) is 1. The quantitative estimate of drug-likeness (QED) is 0.725. The minimum absolute atomic E-state index is 0.0545. The molecule has 94 valence electrons. The highest BCUT2D eigenvalue weighted by molar-refractivity contribution is 5.80. The molecule has 1 amide bonds. The van der Waals surface area contributed by atoms with Gasteiger partial charge in [0.15, 0.2) is 0 Å². The van der Waals surface area contributed by atoms with E-state index in [2.05, 4.69) is 0 Å². The molecule has 0 saturated carbocycles. The smallest absolute Gasteiger partial charge is 0.227 e. The Kier molecular flexibility index (Phi) is 5.49. The Morgan fingerprint density at radius 3 is 2.71 bits per heavy atom. The van der Waals surface area contributed by atoms with Crippen LogP contribution in [-0.4, -0.2) is 35.6 Å². The fourth-order valence-corrected chi connectivity index (χ4v) is 1.69. The lowest BCUT2D eigenvalue weighted by Crippen LogP contribution is -2.33. The third kappa shape index (κ3) is 4.07. The molecule has 1 aromatic rings. The van der Waals surface area contributed by atoms with Crippen molar-refractivity contribution >= 4 is 11.6 Å². The first-order valence-electron chi connectivity index (χ1n) is 5.91. The molecule has 0 heterocycles. The zero-order valence-corrected chi connectivity index (χ0v) is 10.2. The van der Waals surface area contributed by atoms with Crippen LogP contribution in [0.15, 0.2) is 24.3 Å². The van der Waals surface area contributed by atoms with Gasteiger partial charge in [-0.05, 0) is 25.0 Å². The number of carbonyl (C=O) groups excluding carboxylic acids is 1. The van der Waals surface area contributed by atoms with E-state index in [0.717, 1.165) is 5.56 Å². The molecule has 0 fully saturated rings. The molecule has 1 aromatic carbocycles. The number of aliphatic hydroxyl groups excluding tert-OH is 1. The maximum atomic E-state index is 12.0. The van der Waals surface area contributed by atoms with E-state index in [1.54, 1.807) is 11.0 Å². The monoisotopic (exact) mass is 236 g/mol. The van der Waals surface area contributed by atoms with Crippen LogP contribution in [0.2, 0.25) is 0 Å². The zero-order valence-electron chi connectivity index (χ0n) is 10.2. The number of nitrogen functional groups attached to an aromatic ring is 1. The molecule has 3 N–H and O–H groups in total. The Bertz CT molecular complexity index is 366. The van der Waals surface area contributed by atoms with E-state index in [1.807, 2.05) is 25.1 Å². The minimum atomic E-state index is 0.0545. The number of benzene rings is 1. The first kappa shape index (κ1) is 13.5. The lowest BCUT2D eigenvalue weighted by Gasteiger charge is -2.20. The van der Waals surface area contributed by atoms with Crippen LogP contribution in [0.1, 0.15) is 18.9 Å². The van der Waals surface area contributed by atoms with Gasteiger partial charge in [0.05, 0.1) is 6.42 Å². The lowest BCUT2D eigenvalue weighted by molar-refractivity contribution is -0.130. The summed E-state index contributed by atoms with van der Waals surface area (Å²) in [5, 5.41) is 8.77. The van der Waals surface area contributed by atoms with Crippen LogP contribution in [0.4, 0.5) is 5.69 Å². The second-order valence-corrected chi connectivity index (χ2v) is 3.93. The highest BCUT2D eigenvalue weighted by Crippen LogP contribution is 2.12. The second kappa shape index (κ2) is 6.91. The number of likely N-dealkylation sites (N-methyl/N-ethyl adjacent to an activating group) is 1. The topological polar surface area (TPSA) is 66.6 Å². The first-order chi connectivity index (χ1) is 8.19. The number of amides is 1. The zero-order chi connectivity index (χ0) is 12.7. The van der Waals surface area contributed by atoms with Gasteiger partial charge < -0.3 is 15.7 Å². The molecule has 0 saturated heterocycles. The normalized spacial score (nSPS) is 10.2. The maximum absolute atomic E-state index is 12.0. The fraction of sp³-hybridized carbons (Fsp3) is 0.462. The predicted octanol–water partition coefficient (Wildman–Crippen LogP) is 1.04. The number of aliphatic hydroxyl groups is 1. The number of para-hydroxylation sites is 1. The molecular formula is C13H20N2O2. The van der Waals surface area contributed by atoms with Crippen molar-refractivity contribution in [3.63, 3.8) is 0 Å². The summed E-state index contributed by atoms with van der Waals surface area (Å²) in [6.07, 6.45) is 0.940. The molecule has 0 unspecified atom stereocenters. The number of nitrogens with two attached hydrogens (primary N) is 1. The van der Waals surface area contributed by atoms with Gasteiger partial charge in [-0.3, -0.25) is 4.79 Å². The standard InChI is InChI=1S/C13H20N2O2/c1-2-15(8-5-9-16)13(17)10-11-6-3-4-7-12(11)14/h3-4,6-7,16H,2,5,8-10,14H2,1H3. The molecule has 0 radical (unpaired) electrons. The maximum Gasteiger partial charge on any atom is 0.227 e. The molecule has 0 atom stereocenters. The molecule has 0 aliphatic rings. The third-order valence-corrected chi connectivity index (χ3v) is 2.72. The molecule has 1 rings (SSSR count). The van der Waals surface area contributed by atoms with Crippen molar-refractivity contribution < 1.29 is 9.90 Å². The molecule has 4 nitrogen and oxygen atoms in total. The third-order valence-electron chi connectivity index (χ3n) is 2.72. The second-order valence-electron chi connectivity index (χ2n) is 3.93. The molecule has 0 bridgehead atoms. The van der Waals surface area contributed by atoms with Crippen molar-refractivity contribution in [3.8, 4) is 0 Å². The number of rotatable bonds is 6. The summed E-state index contributed by atoms with van der Waals surface area (Å²) < 4.78 is 0. The lowest BCUT2D eigenvalue weighted by atomic mass is 10.1. The van der Waals surface area contributed by atoms with Crippen LogP contribution in [-0.2, 0) is 11.2 Å². The van der Waals surface area contributed by atoms with Crippen LogP contribution in [0.5, 0.6) is 0 Å². The van der Waals surface area contributed by atoms with Gasteiger partial charge in [0.2, 0.25) is 5.91 Å². The van der Waals surface area contributed by atoms with E-state index in [9.17, 15) is 4.79 Å².